The molecule has 0 aromatic rings. The molecule has 0 aliphatic carbocycles. The van der Waals surface area contributed by atoms with Gasteiger partial charge in [-0.3, -0.25) is 4.79 Å². The van der Waals surface area contributed by atoms with E-state index in [1.165, 1.54) is 13.4 Å². The van der Waals surface area contributed by atoms with Crippen molar-refractivity contribution in [2.45, 2.75) is 13.8 Å². The van der Waals surface area contributed by atoms with E-state index in [-0.39, 0.29) is 11.7 Å². The molecule has 0 spiro atoms. The van der Waals surface area contributed by atoms with E-state index in [1.807, 2.05) is 0 Å². The summed E-state index contributed by atoms with van der Waals surface area (Å²) < 4.78 is 26.2. The highest BCUT2D eigenvalue weighted by Crippen LogP contribution is 2.14. The van der Waals surface area contributed by atoms with Crippen LogP contribution in [-0.4, -0.2) is 46.6 Å². The zero-order valence-electron chi connectivity index (χ0n) is 9.66. The lowest BCUT2D eigenvalue weighted by Crippen LogP contribution is -2.38. The van der Waals surface area contributed by atoms with Gasteiger partial charge >= 0.3 is 5.97 Å². The summed E-state index contributed by atoms with van der Waals surface area (Å²) in [4.78, 5) is 11.2. The lowest BCUT2D eigenvalue weighted by atomic mass is 9.94. The number of methoxy groups -OCH3 is 1. The van der Waals surface area contributed by atoms with E-state index in [0.29, 0.717) is 13.1 Å². The van der Waals surface area contributed by atoms with E-state index < -0.39 is 15.3 Å². The van der Waals surface area contributed by atoms with Crippen LogP contribution in [-0.2, 0) is 19.4 Å². The van der Waals surface area contributed by atoms with Gasteiger partial charge in [0.05, 0.1) is 18.3 Å². The van der Waals surface area contributed by atoms with Gasteiger partial charge in [0.2, 0.25) is 0 Å². The molecule has 0 saturated carbocycles. The number of rotatable bonds is 6. The smallest absolute Gasteiger partial charge is 0.312 e. The monoisotopic (exact) mass is 237 g/mol. The minimum absolute atomic E-state index is 0.0737. The van der Waals surface area contributed by atoms with Gasteiger partial charge in [0.25, 0.3) is 0 Å². The fourth-order valence-electron chi connectivity index (χ4n) is 1.01. The van der Waals surface area contributed by atoms with E-state index in [1.54, 1.807) is 13.8 Å². The summed E-state index contributed by atoms with van der Waals surface area (Å²) in [6.45, 7) is 4.23. The van der Waals surface area contributed by atoms with Gasteiger partial charge in [-0.25, -0.2) is 8.42 Å². The Bertz CT molecular complexity index is 308. The molecule has 15 heavy (non-hydrogen) atoms. The summed E-state index contributed by atoms with van der Waals surface area (Å²) in [5.74, 6) is -0.237. The van der Waals surface area contributed by atoms with Crippen molar-refractivity contribution in [3.05, 3.63) is 0 Å². The molecule has 5 nitrogen and oxygen atoms in total. The Hall–Kier alpha value is -0.620. The molecule has 0 aliphatic heterocycles. The van der Waals surface area contributed by atoms with Crippen LogP contribution in [0.25, 0.3) is 0 Å². The summed E-state index contributed by atoms with van der Waals surface area (Å²) >= 11 is 0. The van der Waals surface area contributed by atoms with Crippen molar-refractivity contribution in [1.82, 2.24) is 5.32 Å². The van der Waals surface area contributed by atoms with Crippen molar-refractivity contribution >= 4 is 15.8 Å². The van der Waals surface area contributed by atoms with Crippen LogP contribution in [0, 0.1) is 5.41 Å². The van der Waals surface area contributed by atoms with E-state index in [4.69, 9.17) is 0 Å². The van der Waals surface area contributed by atoms with Gasteiger partial charge in [0.15, 0.2) is 0 Å². The summed E-state index contributed by atoms with van der Waals surface area (Å²) in [6.07, 6.45) is 1.18. The first kappa shape index (κ1) is 14.4. The van der Waals surface area contributed by atoms with Gasteiger partial charge in [-0.1, -0.05) is 0 Å². The first-order valence-electron chi connectivity index (χ1n) is 4.66. The van der Waals surface area contributed by atoms with Crippen molar-refractivity contribution < 1.29 is 17.9 Å². The van der Waals surface area contributed by atoms with Gasteiger partial charge in [0, 0.05) is 19.3 Å². The third kappa shape index (κ3) is 6.46. The minimum Gasteiger partial charge on any atom is -0.469 e. The maximum atomic E-state index is 11.2. The van der Waals surface area contributed by atoms with Gasteiger partial charge in [-0.15, -0.1) is 0 Å². The highest BCUT2D eigenvalue weighted by Gasteiger charge is 2.27. The Morgan fingerprint density at radius 1 is 1.40 bits per heavy atom. The standard InChI is InChI=1S/C9H19NO4S/c1-9(2,8(11)14-3)7-10-5-6-15(4,12)13/h10H,5-7H2,1-4H3. The predicted molar refractivity (Wildman–Crippen MR) is 58.4 cm³/mol. The Kier molecular flexibility index (Phi) is 5.23. The molecule has 0 aromatic heterocycles. The maximum Gasteiger partial charge on any atom is 0.312 e. The molecule has 90 valence electrons. The number of sulfone groups is 1. The van der Waals surface area contributed by atoms with E-state index in [2.05, 4.69) is 10.1 Å². The number of esters is 1. The topological polar surface area (TPSA) is 72.5 Å². The first-order chi connectivity index (χ1) is 6.69. The Labute approximate surface area is 91.1 Å². The number of hydrogen-bond acceptors (Lipinski definition) is 5. The van der Waals surface area contributed by atoms with Crippen molar-refractivity contribution in [3.63, 3.8) is 0 Å². The van der Waals surface area contributed by atoms with E-state index >= 15 is 0 Å². The van der Waals surface area contributed by atoms with Crippen LogP contribution in [0.3, 0.4) is 0 Å². The molecule has 6 heteroatoms. The average Bonchev–Trinajstić information content (AvgIpc) is 2.09. The van der Waals surface area contributed by atoms with E-state index in [0.717, 1.165) is 0 Å². The second-order valence-electron chi connectivity index (χ2n) is 4.18. The largest absolute Gasteiger partial charge is 0.469 e. The molecule has 0 heterocycles. The van der Waals surface area contributed by atoms with Crippen molar-refractivity contribution in [3.8, 4) is 0 Å². The molecular formula is C9H19NO4S. The van der Waals surface area contributed by atoms with Crippen LogP contribution in [0.2, 0.25) is 0 Å². The quantitative estimate of drug-likeness (QED) is 0.512. The molecule has 0 bridgehead atoms. The number of hydrogen-bond donors (Lipinski definition) is 1. The Morgan fingerprint density at radius 3 is 2.33 bits per heavy atom. The molecule has 1 N–H and O–H groups in total. The highest BCUT2D eigenvalue weighted by atomic mass is 32.2. The van der Waals surface area contributed by atoms with Crippen molar-refractivity contribution in [2.24, 2.45) is 5.41 Å². The highest BCUT2D eigenvalue weighted by molar-refractivity contribution is 7.90. The lowest BCUT2D eigenvalue weighted by molar-refractivity contribution is -0.150. The Morgan fingerprint density at radius 2 is 1.93 bits per heavy atom. The van der Waals surface area contributed by atoms with Crippen LogP contribution in [0.1, 0.15) is 13.8 Å². The molecule has 0 amide bonds. The van der Waals surface area contributed by atoms with Crippen LogP contribution >= 0.6 is 0 Å². The molecule has 0 unspecified atom stereocenters. The first-order valence-corrected chi connectivity index (χ1v) is 6.72. The third-order valence-electron chi connectivity index (χ3n) is 1.95. The maximum absolute atomic E-state index is 11.2. The average molecular weight is 237 g/mol. The lowest BCUT2D eigenvalue weighted by Gasteiger charge is -2.21. The van der Waals surface area contributed by atoms with E-state index in [9.17, 15) is 13.2 Å². The van der Waals surface area contributed by atoms with Crippen LogP contribution in [0.4, 0.5) is 0 Å². The fraction of sp³-hybridized carbons (Fsp3) is 0.889. The molecule has 0 aromatic carbocycles. The molecule has 0 atom stereocenters. The zero-order valence-corrected chi connectivity index (χ0v) is 10.5. The third-order valence-corrected chi connectivity index (χ3v) is 2.90. The number of carbonyl (C=O) groups is 1. The van der Waals surface area contributed by atoms with Crippen LogP contribution in [0.15, 0.2) is 0 Å². The van der Waals surface area contributed by atoms with Gasteiger partial charge < -0.3 is 10.1 Å². The molecule has 0 aliphatic rings. The number of ether oxygens (including phenoxy) is 1. The minimum atomic E-state index is -2.95. The number of carbonyl (C=O) groups excluding carboxylic acids is 1. The normalized spacial score (nSPS) is 12.5. The SMILES string of the molecule is COC(=O)C(C)(C)CNCCS(C)(=O)=O. The van der Waals surface area contributed by atoms with Crippen LogP contribution < -0.4 is 5.32 Å². The number of nitrogens with one attached hydrogen (secondary N) is 1. The summed E-state index contributed by atoms with van der Waals surface area (Å²) in [7, 11) is -1.61. The van der Waals surface area contributed by atoms with Crippen molar-refractivity contribution in [1.29, 1.82) is 0 Å². The molecule has 0 rings (SSSR count). The summed E-state index contributed by atoms with van der Waals surface area (Å²) in [6, 6.07) is 0. The van der Waals surface area contributed by atoms with Gasteiger partial charge in [-0.05, 0) is 13.8 Å². The van der Waals surface area contributed by atoms with Gasteiger partial charge in [0.1, 0.15) is 9.84 Å². The van der Waals surface area contributed by atoms with Crippen molar-refractivity contribution in [2.75, 3.05) is 32.2 Å². The summed E-state index contributed by atoms with van der Waals surface area (Å²) in [5.41, 5.74) is -0.633. The summed E-state index contributed by atoms with van der Waals surface area (Å²) in [5, 5.41) is 2.92. The molecular weight excluding hydrogens is 218 g/mol. The second kappa shape index (κ2) is 5.46. The van der Waals surface area contributed by atoms with Crippen LogP contribution in [0.5, 0.6) is 0 Å². The fourth-order valence-corrected chi connectivity index (χ4v) is 1.52. The zero-order chi connectivity index (χ0) is 12.1. The second-order valence-corrected chi connectivity index (χ2v) is 6.44. The molecule has 0 saturated heterocycles. The van der Waals surface area contributed by atoms with Gasteiger partial charge in [-0.2, -0.15) is 0 Å². The molecule has 0 fully saturated rings. The molecule has 0 radical (unpaired) electrons. The Balaban J connectivity index is 3.91. The predicted octanol–water partition coefficient (Wildman–Crippen LogP) is -0.180.